The second-order valence-electron chi connectivity index (χ2n) is 4.36. The number of aliphatic hydroxyl groups is 1. The molecule has 2 aliphatic heterocycles. The summed E-state index contributed by atoms with van der Waals surface area (Å²) in [5.41, 5.74) is -0.590. The van der Waals surface area contributed by atoms with Crippen LogP contribution in [-0.4, -0.2) is 60.4 Å². The van der Waals surface area contributed by atoms with Crippen LogP contribution >= 0.6 is 11.8 Å². The van der Waals surface area contributed by atoms with E-state index in [2.05, 4.69) is 15.0 Å². The maximum atomic E-state index is 12.8. The van der Waals surface area contributed by atoms with Crippen LogP contribution in [0.25, 0.3) is 0 Å². The van der Waals surface area contributed by atoms with Gasteiger partial charge in [0.15, 0.2) is 11.3 Å². The number of hydrogen-bond donors (Lipinski definition) is 2. The molecule has 0 saturated carbocycles. The number of methoxy groups -OCH3 is 1. The van der Waals surface area contributed by atoms with Gasteiger partial charge in [-0.25, -0.2) is 0 Å². The summed E-state index contributed by atoms with van der Waals surface area (Å²) < 4.78 is 48.2. The number of aliphatic hydroxyl groups excluding tert-OH is 1. The number of fused-ring (bicyclic) bond motifs is 1. The molecular formula is C10H15F3N2O3S. The zero-order valence-corrected chi connectivity index (χ0v) is 11.2. The topological polar surface area (TPSA) is 63.1 Å². The van der Waals surface area contributed by atoms with Crippen LogP contribution in [0.3, 0.4) is 0 Å². The predicted molar refractivity (Wildman–Crippen MR) is 64.0 cm³/mol. The van der Waals surface area contributed by atoms with Crippen LogP contribution in [0, 0.1) is 0 Å². The number of aliphatic imine (C=N–C) groups is 1. The minimum atomic E-state index is -4.52. The Hall–Kier alpha value is -0.510. The third-order valence-corrected chi connectivity index (χ3v) is 4.29. The monoisotopic (exact) mass is 300 g/mol. The molecular weight excluding hydrogens is 285 g/mol. The van der Waals surface area contributed by atoms with Crippen molar-refractivity contribution in [1.82, 2.24) is 5.32 Å². The first-order valence-corrected chi connectivity index (χ1v) is 6.57. The van der Waals surface area contributed by atoms with Crippen LogP contribution in [0.15, 0.2) is 4.99 Å². The fourth-order valence-corrected chi connectivity index (χ4v) is 3.36. The van der Waals surface area contributed by atoms with Gasteiger partial charge < -0.3 is 19.9 Å². The van der Waals surface area contributed by atoms with Gasteiger partial charge in [0.25, 0.3) is 0 Å². The lowest BCUT2D eigenvalue weighted by molar-refractivity contribution is -0.258. The third kappa shape index (κ3) is 2.99. The number of hydrogen-bond acceptors (Lipinski definition) is 5. The Labute approximate surface area is 112 Å². The molecule has 2 fully saturated rings. The van der Waals surface area contributed by atoms with Gasteiger partial charge in [-0.2, -0.15) is 13.2 Å². The maximum Gasteiger partial charge on any atom is 0.417 e. The summed E-state index contributed by atoms with van der Waals surface area (Å²) in [6.45, 7) is 0. The van der Waals surface area contributed by atoms with Gasteiger partial charge in [-0.3, -0.25) is 4.99 Å². The lowest BCUT2D eigenvalue weighted by Gasteiger charge is -2.38. The fraction of sp³-hybridized carbons (Fsp3) is 0.900. The van der Waals surface area contributed by atoms with Gasteiger partial charge in [0, 0.05) is 20.6 Å². The molecule has 2 rings (SSSR count). The molecule has 0 amide bonds. The van der Waals surface area contributed by atoms with E-state index in [-0.39, 0.29) is 6.42 Å². The van der Waals surface area contributed by atoms with Crippen molar-refractivity contribution in [2.45, 2.75) is 42.4 Å². The first-order chi connectivity index (χ1) is 8.86. The SMILES string of the molecule is CN=C1NC2C(O)CC(C(OC)C(F)(F)F)OC2S1. The minimum absolute atomic E-state index is 0.135. The Morgan fingerprint density at radius 3 is 2.79 bits per heavy atom. The van der Waals surface area contributed by atoms with E-state index in [1.54, 1.807) is 7.05 Å². The van der Waals surface area contributed by atoms with Crippen LogP contribution in [0.4, 0.5) is 13.2 Å². The number of nitrogens with zero attached hydrogens (tertiary/aromatic N) is 1. The summed E-state index contributed by atoms with van der Waals surface area (Å²) in [6.07, 6.45) is -8.85. The predicted octanol–water partition coefficient (Wildman–Crippen LogP) is 0.730. The van der Waals surface area contributed by atoms with Crippen molar-refractivity contribution in [3.05, 3.63) is 0 Å². The van der Waals surface area contributed by atoms with E-state index in [1.165, 1.54) is 11.8 Å². The lowest BCUT2D eigenvalue weighted by atomic mass is 9.97. The minimum Gasteiger partial charge on any atom is -0.391 e. The number of ether oxygens (including phenoxy) is 2. The van der Waals surface area contributed by atoms with E-state index in [9.17, 15) is 18.3 Å². The van der Waals surface area contributed by atoms with Crippen LogP contribution in [-0.2, 0) is 9.47 Å². The average molecular weight is 300 g/mol. The van der Waals surface area contributed by atoms with Gasteiger partial charge in [0.05, 0.1) is 18.2 Å². The Kier molecular flexibility index (Phi) is 4.29. The standard InChI is InChI=1S/C10H15F3N2O3S/c1-14-9-15-6-4(16)3-5(18-8(6)19-9)7(17-2)10(11,12)13/h4-8,16H,3H2,1-2H3,(H,14,15). The zero-order chi connectivity index (χ0) is 14.2. The number of thioether (sulfide) groups is 1. The highest BCUT2D eigenvalue weighted by molar-refractivity contribution is 8.14. The molecule has 0 aromatic heterocycles. The molecule has 5 atom stereocenters. The van der Waals surface area contributed by atoms with Crippen molar-refractivity contribution in [1.29, 1.82) is 0 Å². The number of rotatable bonds is 2. The molecule has 0 aromatic rings. The van der Waals surface area contributed by atoms with Crippen molar-refractivity contribution in [3.63, 3.8) is 0 Å². The number of amidine groups is 1. The highest BCUT2D eigenvalue weighted by atomic mass is 32.2. The van der Waals surface area contributed by atoms with E-state index in [4.69, 9.17) is 4.74 Å². The molecule has 0 radical (unpaired) electrons. The Balaban J connectivity index is 2.11. The van der Waals surface area contributed by atoms with Crippen LogP contribution in [0.5, 0.6) is 0 Å². The average Bonchev–Trinajstić information content (AvgIpc) is 2.71. The summed E-state index contributed by atoms with van der Waals surface area (Å²) in [6, 6.07) is -0.439. The van der Waals surface area contributed by atoms with Crippen molar-refractivity contribution in [2.24, 2.45) is 4.99 Å². The van der Waals surface area contributed by atoms with E-state index < -0.39 is 36.0 Å². The Morgan fingerprint density at radius 1 is 1.58 bits per heavy atom. The van der Waals surface area contributed by atoms with E-state index in [0.717, 1.165) is 7.11 Å². The molecule has 0 spiro atoms. The second-order valence-corrected chi connectivity index (χ2v) is 5.45. The van der Waals surface area contributed by atoms with E-state index in [0.29, 0.717) is 5.17 Å². The number of alkyl halides is 3. The van der Waals surface area contributed by atoms with Crippen LogP contribution in [0.2, 0.25) is 0 Å². The first kappa shape index (κ1) is 14.9. The largest absolute Gasteiger partial charge is 0.417 e. The molecule has 5 nitrogen and oxygen atoms in total. The summed E-state index contributed by atoms with van der Waals surface area (Å²) in [7, 11) is 2.54. The molecule has 0 aromatic carbocycles. The summed E-state index contributed by atoms with van der Waals surface area (Å²) >= 11 is 1.17. The van der Waals surface area contributed by atoms with Crippen LogP contribution < -0.4 is 5.32 Å². The van der Waals surface area contributed by atoms with Gasteiger partial charge in [-0.15, -0.1) is 0 Å². The molecule has 110 valence electrons. The summed E-state index contributed by atoms with van der Waals surface area (Å²) in [4.78, 5) is 3.91. The Bertz CT molecular complexity index is 366. The fourth-order valence-electron chi connectivity index (χ4n) is 2.24. The van der Waals surface area contributed by atoms with E-state index >= 15 is 0 Å². The normalized spacial score (nSPS) is 38.9. The Morgan fingerprint density at radius 2 is 2.26 bits per heavy atom. The lowest BCUT2D eigenvalue weighted by Crippen LogP contribution is -2.55. The molecule has 2 aliphatic rings. The molecule has 5 unspecified atom stereocenters. The maximum absolute atomic E-state index is 12.8. The van der Waals surface area contributed by atoms with Crippen molar-refractivity contribution < 1.29 is 27.8 Å². The second kappa shape index (κ2) is 5.47. The first-order valence-electron chi connectivity index (χ1n) is 5.69. The molecule has 2 saturated heterocycles. The van der Waals surface area contributed by atoms with Gasteiger partial charge in [-0.05, 0) is 0 Å². The summed E-state index contributed by atoms with van der Waals surface area (Å²) in [5.74, 6) is 0. The smallest absolute Gasteiger partial charge is 0.391 e. The molecule has 0 aliphatic carbocycles. The molecule has 2 heterocycles. The van der Waals surface area contributed by atoms with Crippen LogP contribution in [0.1, 0.15) is 6.42 Å². The van der Waals surface area contributed by atoms with Gasteiger partial charge in [-0.1, -0.05) is 11.8 Å². The number of nitrogens with one attached hydrogen (secondary N) is 1. The zero-order valence-electron chi connectivity index (χ0n) is 10.3. The van der Waals surface area contributed by atoms with Gasteiger partial charge in [0.2, 0.25) is 0 Å². The quantitative estimate of drug-likeness (QED) is 0.787. The van der Waals surface area contributed by atoms with E-state index in [1.807, 2.05) is 0 Å². The third-order valence-electron chi connectivity index (χ3n) is 3.13. The highest BCUT2D eigenvalue weighted by Crippen LogP contribution is 2.38. The highest BCUT2D eigenvalue weighted by Gasteiger charge is 2.52. The molecule has 9 heteroatoms. The molecule has 0 bridgehead atoms. The van der Waals surface area contributed by atoms with Gasteiger partial charge in [0.1, 0.15) is 5.44 Å². The molecule has 2 N–H and O–H groups in total. The molecule has 19 heavy (non-hydrogen) atoms. The van der Waals surface area contributed by atoms with Crippen molar-refractivity contribution in [3.8, 4) is 0 Å². The van der Waals surface area contributed by atoms with Crippen molar-refractivity contribution >= 4 is 16.9 Å². The van der Waals surface area contributed by atoms with Crippen molar-refractivity contribution in [2.75, 3.05) is 14.2 Å². The number of halogens is 3. The van der Waals surface area contributed by atoms with Gasteiger partial charge >= 0.3 is 6.18 Å². The summed E-state index contributed by atoms with van der Waals surface area (Å²) in [5, 5.41) is 13.4.